The highest BCUT2D eigenvalue weighted by Gasteiger charge is 2.41. The van der Waals surface area contributed by atoms with Crippen LogP contribution in [0.15, 0.2) is 12.2 Å². The molecule has 0 radical (unpaired) electrons. The summed E-state index contributed by atoms with van der Waals surface area (Å²) in [7, 11) is 2.33. The molecule has 0 aromatic heterocycles. The van der Waals surface area contributed by atoms with Crippen molar-refractivity contribution >= 4 is 7.60 Å². The van der Waals surface area contributed by atoms with E-state index in [1.807, 2.05) is 21.1 Å². The summed E-state index contributed by atoms with van der Waals surface area (Å²) in [5.41, 5.74) is 0. The molecular formula is C30H63NO3P+. The summed E-state index contributed by atoms with van der Waals surface area (Å²) in [5, 5.41) is 0. The van der Waals surface area contributed by atoms with Gasteiger partial charge in [-0.25, -0.2) is 0 Å². The Bertz CT molecular complexity index is 530. The van der Waals surface area contributed by atoms with Gasteiger partial charge in [0.1, 0.15) is 0 Å². The Kier molecular flexibility index (Phi) is 22.9. The van der Waals surface area contributed by atoms with Gasteiger partial charge < -0.3 is 13.9 Å². The minimum absolute atomic E-state index is 0.342. The van der Waals surface area contributed by atoms with Gasteiger partial charge in [-0.3, -0.25) is 4.57 Å². The van der Waals surface area contributed by atoms with E-state index in [9.17, 15) is 9.46 Å². The largest absolute Gasteiger partial charge is 0.385 e. The molecule has 2 atom stereocenters. The maximum Gasteiger partial charge on any atom is 0.385 e. The topological polar surface area (TPSA) is 46.5 Å². The average Bonchev–Trinajstić information content (AvgIpc) is 2.80. The molecule has 5 heteroatoms. The van der Waals surface area contributed by atoms with Crippen molar-refractivity contribution in [2.45, 2.75) is 154 Å². The minimum atomic E-state index is -3.58. The van der Waals surface area contributed by atoms with Crippen LogP contribution in [0.5, 0.6) is 0 Å². The van der Waals surface area contributed by atoms with Crippen LogP contribution in [-0.2, 0) is 9.09 Å². The summed E-state index contributed by atoms with van der Waals surface area (Å²) >= 11 is 0. The second kappa shape index (κ2) is 23.0. The first-order chi connectivity index (χ1) is 16.8. The molecule has 0 rings (SSSR count). The summed E-state index contributed by atoms with van der Waals surface area (Å²) in [6, 6.07) is 0. The first-order valence-corrected chi connectivity index (χ1v) is 16.8. The van der Waals surface area contributed by atoms with E-state index in [1.165, 1.54) is 96.3 Å². The molecule has 0 aliphatic rings. The van der Waals surface area contributed by atoms with E-state index >= 15 is 0 Å². The molecule has 0 aromatic rings. The molecule has 0 bridgehead atoms. The van der Waals surface area contributed by atoms with Gasteiger partial charge in [-0.05, 0) is 38.5 Å². The fraction of sp³-hybridized carbons (Fsp3) is 0.933. The Morgan fingerprint density at radius 1 is 0.657 bits per heavy atom. The molecule has 1 N–H and O–H groups in total. The third kappa shape index (κ3) is 21.6. The van der Waals surface area contributed by atoms with Crippen LogP contribution in [0, 0.1) is 0 Å². The van der Waals surface area contributed by atoms with Crippen LogP contribution in [-0.4, -0.2) is 42.9 Å². The van der Waals surface area contributed by atoms with Gasteiger partial charge in [-0.15, -0.1) is 0 Å². The number of quaternary nitrogens is 1. The van der Waals surface area contributed by atoms with Crippen molar-refractivity contribution < 1.29 is 18.5 Å². The van der Waals surface area contributed by atoms with Crippen molar-refractivity contribution in [1.29, 1.82) is 0 Å². The van der Waals surface area contributed by atoms with Gasteiger partial charge in [-0.1, -0.05) is 116 Å². The van der Waals surface area contributed by atoms with E-state index in [-0.39, 0.29) is 5.78 Å². The maximum atomic E-state index is 12.7. The molecule has 2 unspecified atom stereocenters. The van der Waals surface area contributed by atoms with Crippen molar-refractivity contribution in [3.05, 3.63) is 12.2 Å². The van der Waals surface area contributed by atoms with Gasteiger partial charge in [0.15, 0.2) is 5.78 Å². The van der Waals surface area contributed by atoms with E-state index < -0.39 is 7.60 Å². The van der Waals surface area contributed by atoms with Gasteiger partial charge >= 0.3 is 7.60 Å². The zero-order valence-corrected chi connectivity index (χ0v) is 25.3. The van der Waals surface area contributed by atoms with Crippen LogP contribution in [0.3, 0.4) is 0 Å². The summed E-state index contributed by atoms with van der Waals surface area (Å²) < 4.78 is 18.6. The standard InChI is InChI=1S/C30H62NO3P/c1-6-8-9-10-11-12-13-14-15-16-17-18-19-20-21-22-23-24-25-26-27-29-34-35(32,33)30(28-7-2)31(3,4)5/h22-23,30H,6-21,24-29H2,1-5H3/p+1/b23-22-. The Labute approximate surface area is 220 Å². The maximum absolute atomic E-state index is 12.7. The third-order valence-corrected chi connectivity index (χ3v) is 9.26. The summed E-state index contributed by atoms with van der Waals surface area (Å²) in [5.74, 6) is -0.342. The minimum Gasteiger partial charge on any atom is -0.320 e. The monoisotopic (exact) mass is 516 g/mol. The Balaban J connectivity index is 3.49. The second-order valence-electron chi connectivity index (χ2n) is 11.5. The van der Waals surface area contributed by atoms with Crippen molar-refractivity contribution in [3.8, 4) is 0 Å². The predicted octanol–water partition coefficient (Wildman–Crippen LogP) is 10.0. The van der Waals surface area contributed by atoms with Crippen LogP contribution < -0.4 is 0 Å². The number of hydrogen-bond acceptors (Lipinski definition) is 2. The Hall–Kier alpha value is -0.150. The molecule has 0 heterocycles. The fourth-order valence-electron chi connectivity index (χ4n) is 4.76. The molecular weight excluding hydrogens is 453 g/mol. The van der Waals surface area contributed by atoms with Crippen molar-refractivity contribution in [1.82, 2.24) is 0 Å². The highest BCUT2D eigenvalue weighted by molar-refractivity contribution is 7.53. The lowest BCUT2D eigenvalue weighted by Gasteiger charge is -2.35. The first kappa shape index (κ1) is 34.9. The number of unbranched alkanes of at least 4 members (excludes halogenated alkanes) is 17. The number of nitrogens with zero attached hydrogens (tertiary/aromatic N) is 1. The number of allylic oxidation sites excluding steroid dienone is 2. The third-order valence-electron chi connectivity index (χ3n) is 7.00. The fourth-order valence-corrected chi connectivity index (χ4v) is 6.78. The molecule has 0 saturated heterocycles. The molecule has 4 nitrogen and oxygen atoms in total. The number of hydrogen-bond donors (Lipinski definition) is 1. The van der Waals surface area contributed by atoms with Crippen LogP contribution in [0.25, 0.3) is 0 Å². The quantitative estimate of drug-likeness (QED) is 0.0538. The second-order valence-corrected chi connectivity index (χ2v) is 13.5. The summed E-state index contributed by atoms with van der Waals surface area (Å²) in [4.78, 5) is 10.4. The smallest absolute Gasteiger partial charge is 0.320 e. The zero-order chi connectivity index (χ0) is 26.3. The molecule has 0 aliphatic carbocycles. The van der Waals surface area contributed by atoms with Gasteiger partial charge in [0, 0.05) is 6.42 Å². The molecule has 0 aromatic carbocycles. The van der Waals surface area contributed by atoms with E-state index in [1.54, 1.807) is 0 Å². The van der Waals surface area contributed by atoms with Gasteiger partial charge in [0.2, 0.25) is 0 Å². The number of rotatable bonds is 26. The zero-order valence-electron chi connectivity index (χ0n) is 24.4. The van der Waals surface area contributed by atoms with Crippen molar-refractivity contribution in [2.24, 2.45) is 0 Å². The van der Waals surface area contributed by atoms with Gasteiger partial charge in [-0.2, -0.15) is 0 Å². The lowest BCUT2D eigenvalue weighted by Crippen LogP contribution is -2.45. The first-order valence-electron chi connectivity index (χ1n) is 15.2. The van der Waals surface area contributed by atoms with Gasteiger partial charge in [0.25, 0.3) is 0 Å². The molecule has 0 spiro atoms. The lowest BCUT2D eigenvalue weighted by atomic mass is 10.0. The van der Waals surface area contributed by atoms with E-state index in [2.05, 4.69) is 26.0 Å². The van der Waals surface area contributed by atoms with Crippen LogP contribution >= 0.6 is 7.60 Å². The molecule has 0 aliphatic heterocycles. The predicted molar refractivity (Wildman–Crippen MR) is 155 cm³/mol. The van der Waals surface area contributed by atoms with Crippen molar-refractivity contribution in [2.75, 3.05) is 27.7 Å². The SMILES string of the molecule is CCCCCCCCCCCCCCCC/C=C\CCCCCOP(=O)(O)C(CCC)[N+](C)(C)C. The average molecular weight is 517 g/mol. The summed E-state index contributed by atoms with van der Waals surface area (Å²) in [6.07, 6.45) is 31.4. The molecule has 0 amide bonds. The Morgan fingerprint density at radius 2 is 1.06 bits per heavy atom. The van der Waals surface area contributed by atoms with Gasteiger partial charge in [0.05, 0.1) is 27.7 Å². The van der Waals surface area contributed by atoms with Crippen LogP contribution in [0.4, 0.5) is 0 Å². The van der Waals surface area contributed by atoms with Crippen molar-refractivity contribution in [3.63, 3.8) is 0 Å². The Morgan fingerprint density at radius 3 is 1.46 bits per heavy atom. The summed E-state index contributed by atoms with van der Waals surface area (Å²) in [6.45, 7) is 4.72. The molecule has 35 heavy (non-hydrogen) atoms. The molecule has 0 saturated carbocycles. The van der Waals surface area contributed by atoms with E-state index in [4.69, 9.17) is 4.52 Å². The normalized spacial score (nSPS) is 15.0. The van der Waals surface area contributed by atoms with E-state index in [0.29, 0.717) is 17.5 Å². The highest BCUT2D eigenvalue weighted by Crippen LogP contribution is 2.51. The lowest BCUT2D eigenvalue weighted by molar-refractivity contribution is -0.883. The molecule has 0 fully saturated rings. The van der Waals surface area contributed by atoms with E-state index in [0.717, 1.165) is 32.1 Å². The van der Waals surface area contributed by atoms with Crippen LogP contribution in [0.1, 0.15) is 149 Å². The highest BCUT2D eigenvalue weighted by atomic mass is 31.2. The molecule has 210 valence electrons. The van der Waals surface area contributed by atoms with Crippen LogP contribution in [0.2, 0.25) is 0 Å².